The number of aromatic nitrogens is 5. The minimum Gasteiger partial charge on any atom is -0.741 e. The van der Waals surface area contributed by atoms with Crippen molar-refractivity contribution in [1.29, 1.82) is 0 Å². The Labute approximate surface area is 255 Å². The van der Waals surface area contributed by atoms with Gasteiger partial charge in [-0.3, -0.25) is 0 Å². The van der Waals surface area contributed by atoms with Gasteiger partial charge in [0.15, 0.2) is 21.8 Å². The van der Waals surface area contributed by atoms with E-state index in [9.17, 15) is 13.2 Å². The van der Waals surface area contributed by atoms with Crippen LogP contribution in [-0.4, -0.2) is 66.8 Å². The predicted octanol–water partition coefficient (Wildman–Crippen LogP) is 5.88. The summed E-state index contributed by atoms with van der Waals surface area (Å²) in [6.07, 6.45) is 22.4. The van der Waals surface area contributed by atoms with Crippen molar-refractivity contribution in [2.24, 2.45) is 0 Å². The molecular weight excluding hydrogens is 744 g/mol. The molecule has 4 rings (SSSR count). The zero-order valence-corrected chi connectivity index (χ0v) is 25.9. The molecule has 3 aromatic rings. The minimum absolute atomic E-state index is 0. The van der Waals surface area contributed by atoms with E-state index in [4.69, 9.17) is 13.0 Å². The van der Waals surface area contributed by atoms with Crippen LogP contribution in [0.1, 0.15) is 58.3 Å². The Morgan fingerprint density at radius 3 is 1.78 bits per heavy atom. The van der Waals surface area contributed by atoms with Crippen LogP contribution >= 0.6 is 0 Å². The van der Waals surface area contributed by atoms with Gasteiger partial charge in [-0.05, 0) is 44.5 Å². The minimum atomic E-state index is -6.09. The number of rotatable bonds is 11. The standard InChI is InChI=1S/C14H27N2.C11H9N5.CHF3O3S.Au/c1-3-4-5-6-7-8-9-10-11-16-13-12-15(2)14-16;1-2-8(10-12-4-5-13-10)16-9(3-1)11-14-6-7-15-11;2-1(3,4)8(5,6)7;/h12-14H,3-11H2,1-2H3;1-7H,(H,12,13)(H,14,15);(H,5,6,7);/q-1;;;+1/p-1. The third-order valence-corrected chi connectivity index (χ3v) is 6.17. The predicted molar refractivity (Wildman–Crippen MR) is 146 cm³/mol. The quantitative estimate of drug-likeness (QED) is 0.0812. The molecule has 15 heteroatoms. The zero-order chi connectivity index (χ0) is 29.4. The van der Waals surface area contributed by atoms with Crippen molar-refractivity contribution in [3.8, 4) is 23.0 Å². The molecule has 232 valence electrons. The molecule has 0 aromatic carbocycles. The molecule has 0 aliphatic carbocycles. The summed E-state index contributed by atoms with van der Waals surface area (Å²) in [6, 6.07) is 5.75. The Hall–Kier alpha value is -2.65. The molecular formula is C26H36AuF3N7O3S-. The first-order valence-electron chi connectivity index (χ1n) is 13.0. The molecule has 1 aliphatic rings. The van der Waals surface area contributed by atoms with Crippen molar-refractivity contribution in [3.05, 3.63) is 62.1 Å². The third kappa shape index (κ3) is 14.2. The summed E-state index contributed by atoms with van der Waals surface area (Å²) < 4.78 is 58.9. The second-order valence-corrected chi connectivity index (χ2v) is 10.3. The van der Waals surface area contributed by atoms with Crippen LogP contribution in [0.2, 0.25) is 0 Å². The van der Waals surface area contributed by atoms with Crippen LogP contribution in [0.4, 0.5) is 13.2 Å². The summed E-state index contributed by atoms with van der Waals surface area (Å²) in [5, 5.41) is 0. The summed E-state index contributed by atoms with van der Waals surface area (Å²) in [4.78, 5) is 23.2. The van der Waals surface area contributed by atoms with E-state index in [0.717, 1.165) is 23.0 Å². The average Bonchev–Trinajstić information content (AvgIpc) is 3.69. The number of halogens is 3. The number of nitrogens with one attached hydrogen (secondary N) is 2. The molecule has 3 aromatic heterocycles. The molecule has 0 radical (unpaired) electrons. The number of nitrogens with zero attached hydrogens (tertiary/aromatic N) is 5. The largest absolute Gasteiger partial charge is 1.00 e. The normalized spacial score (nSPS) is 12.7. The van der Waals surface area contributed by atoms with Gasteiger partial charge in [0.25, 0.3) is 0 Å². The number of unbranched alkanes of at least 4 members (excludes halogenated alkanes) is 7. The van der Waals surface area contributed by atoms with E-state index in [2.05, 4.69) is 67.8 Å². The molecule has 4 heterocycles. The number of H-pyrrole nitrogens is 2. The van der Waals surface area contributed by atoms with E-state index in [-0.39, 0.29) is 22.4 Å². The topological polar surface area (TPSA) is 134 Å². The smallest absolute Gasteiger partial charge is 0.741 e. The van der Waals surface area contributed by atoms with E-state index in [1.54, 1.807) is 24.8 Å². The van der Waals surface area contributed by atoms with Gasteiger partial charge in [-0.25, -0.2) is 23.4 Å². The summed E-state index contributed by atoms with van der Waals surface area (Å²) in [5.74, 6) is 1.52. The summed E-state index contributed by atoms with van der Waals surface area (Å²) in [5.41, 5.74) is -4.04. The number of hydrogen-bond donors (Lipinski definition) is 2. The summed E-state index contributed by atoms with van der Waals surface area (Å²) in [6.45, 7) is 5.61. The van der Waals surface area contributed by atoms with Crippen LogP contribution in [0, 0.1) is 6.67 Å². The Balaban J connectivity index is 0.000000322. The molecule has 0 unspecified atom stereocenters. The molecule has 10 nitrogen and oxygen atoms in total. The molecule has 2 N–H and O–H groups in total. The summed E-state index contributed by atoms with van der Waals surface area (Å²) in [7, 11) is -4.02. The first-order chi connectivity index (χ1) is 19.0. The maximum atomic E-state index is 10.7. The van der Waals surface area contributed by atoms with Crippen molar-refractivity contribution in [3.63, 3.8) is 0 Å². The van der Waals surface area contributed by atoms with Crippen LogP contribution in [0.15, 0.2) is 55.4 Å². The van der Waals surface area contributed by atoms with Crippen molar-refractivity contribution in [2.45, 2.75) is 63.8 Å². The van der Waals surface area contributed by atoms with Crippen LogP contribution in [-0.2, 0) is 32.5 Å². The zero-order valence-electron chi connectivity index (χ0n) is 22.9. The van der Waals surface area contributed by atoms with Crippen molar-refractivity contribution in [2.75, 3.05) is 13.6 Å². The van der Waals surface area contributed by atoms with Gasteiger partial charge in [-0.1, -0.05) is 57.9 Å². The summed E-state index contributed by atoms with van der Waals surface area (Å²) >= 11 is 0. The second-order valence-electron chi connectivity index (χ2n) is 8.98. The van der Waals surface area contributed by atoms with Gasteiger partial charge in [-0.15, -0.1) is 0 Å². The molecule has 0 saturated carbocycles. The van der Waals surface area contributed by atoms with Gasteiger partial charge < -0.3 is 24.3 Å². The first-order valence-corrected chi connectivity index (χ1v) is 14.4. The Morgan fingerprint density at radius 2 is 1.39 bits per heavy atom. The fourth-order valence-corrected chi connectivity index (χ4v) is 3.57. The Kier molecular flexibility index (Phi) is 16.6. The number of pyridine rings is 1. The van der Waals surface area contributed by atoms with E-state index in [1.807, 2.05) is 18.2 Å². The molecule has 41 heavy (non-hydrogen) atoms. The van der Waals surface area contributed by atoms with Crippen LogP contribution < -0.4 is 0 Å². The molecule has 0 amide bonds. The molecule has 1 aliphatic heterocycles. The van der Waals surface area contributed by atoms with Gasteiger partial charge in [-0.2, -0.15) is 19.8 Å². The SMILES string of the molecule is CCCCCCCCCCN1C=CN(C)[CH-]1.O=S(=O)([O-])C(F)(F)F.[Au+].c1cc(-c2ncc[nH]2)nc(-c2ncc[nH]2)c1. The maximum absolute atomic E-state index is 10.7. The van der Waals surface area contributed by atoms with Crippen molar-refractivity contribution >= 4 is 10.1 Å². The molecule has 0 spiro atoms. The van der Waals surface area contributed by atoms with Crippen LogP contribution in [0.5, 0.6) is 0 Å². The van der Waals surface area contributed by atoms with Crippen molar-refractivity contribution in [1.82, 2.24) is 34.7 Å². The number of alkyl halides is 3. The van der Waals surface area contributed by atoms with Gasteiger partial charge >= 0.3 is 27.9 Å². The van der Waals surface area contributed by atoms with Gasteiger partial charge in [0.1, 0.15) is 11.4 Å². The number of imidazole rings is 2. The van der Waals surface area contributed by atoms with E-state index >= 15 is 0 Å². The molecule has 0 atom stereocenters. The van der Waals surface area contributed by atoms with E-state index in [0.29, 0.717) is 0 Å². The van der Waals surface area contributed by atoms with Crippen molar-refractivity contribution < 1.29 is 48.5 Å². The second kappa shape index (κ2) is 18.7. The fourth-order valence-electron chi connectivity index (χ4n) is 3.57. The maximum Gasteiger partial charge on any atom is 1.00 e. The fraction of sp³-hybridized carbons (Fsp3) is 0.462. The number of aromatic amines is 2. The molecule has 0 fully saturated rings. The Bertz CT molecular complexity index is 1180. The molecule has 0 bridgehead atoms. The van der Waals surface area contributed by atoms with E-state index < -0.39 is 15.6 Å². The third-order valence-electron chi connectivity index (χ3n) is 5.61. The van der Waals surface area contributed by atoms with Gasteiger partial charge in [0.05, 0.1) is 0 Å². The van der Waals surface area contributed by atoms with Gasteiger partial charge in [0, 0.05) is 24.8 Å². The molecule has 0 saturated heterocycles. The monoisotopic (exact) mass is 780 g/mol. The average molecular weight is 781 g/mol. The first kappa shape index (κ1) is 36.4. The van der Waals surface area contributed by atoms with E-state index in [1.165, 1.54) is 57.9 Å². The van der Waals surface area contributed by atoms with Crippen LogP contribution in [0.25, 0.3) is 23.0 Å². The Morgan fingerprint density at radius 1 is 0.902 bits per heavy atom. The van der Waals surface area contributed by atoms with Gasteiger partial charge in [0.2, 0.25) is 0 Å². The van der Waals surface area contributed by atoms with Crippen LogP contribution in [0.3, 0.4) is 0 Å². The number of hydrogen-bond acceptors (Lipinski definition) is 8.